The van der Waals surface area contributed by atoms with Crippen LogP contribution in [0.15, 0.2) is 126 Å². The van der Waals surface area contributed by atoms with E-state index in [-0.39, 0.29) is 31.6 Å². The van der Waals surface area contributed by atoms with E-state index in [2.05, 4.69) is 150 Å². The molecule has 0 spiro atoms. The normalized spacial score (nSPS) is 13.4. The van der Waals surface area contributed by atoms with E-state index < -0.39 is 26.5 Å². The minimum Gasteiger partial charge on any atom is 0 e. The van der Waals surface area contributed by atoms with Crippen molar-refractivity contribution < 1.29 is 31.4 Å². The number of nitrogens with zero attached hydrogens (tertiary/aromatic N) is 4. The average molecular weight is 1070 g/mol. The van der Waals surface area contributed by atoms with Gasteiger partial charge in [0.25, 0.3) is 0 Å². The summed E-state index contributed by atoms with van der Waals surface area (Å²) < 4.78 is 49.1. The van der Waals surface area contributed by atoms with Crippen LogP contribution in [-0.4, -0.2) is 32.8 Å². The summed E-state index contributed by atoms with van der Waals surface area (Å²) >= 11 is -2.32. The standard InChI is InChI=1S/C37H32N3O.C19H26GeN.Ir/c1-22(2)29-20-27(25-11-7-6-8-12-25)21-30(23(3)4)35(29)40-33-14-10-9-13-32(33)39-36(40)26-16-18-34-31(19-26)28-17-15-24(5)38-37(28)41-34;1-14(2)11-17-12-19(16-9-7-15(3)8-10-16)21-13-18(17)20(4,5)6;/h6-15,17-23H,1-5H3;7-9,12-14H,11H2,1-6H3;/q2*-1;/i;3D3,11D2;. The summed E-state index contributed by atoms with van der Waals surface area (Å²) in [6.07, 6.45) is 0.362. The molecule has 7 heteroatoms. The van der Waals surface area contributed by atoms with Crippen molar-refractivity contribution in [2.24, 2.45) is 5.92 Å². The third-order valence-electron chi connectivity index (χ3n) is 11.2. The molecule has 0 fully saturated rings. The molecule has 0 aliphatic heterocycles. The number of aromatic nitrogens is 4. The van der Waals surface area contributed by atoms with Gasteiger partial charge in [0.1, 0.15) is 0 Å². The van der Waals surface area contributed by atoms with Crippen molar-refractivity contribution in [3.63, 3.8) is 0 Å². The molecule has 0 saturated carbocycles. The van der Waals surface area contributed by atoms with Gasteiger partial charge in [0, 0.05) is 36.9 Å². The van der Waals surface area contributed by atoms with Crippen molar-refractivity contribution in [2.45, 2.75) is 90.8 Å². The van der Waals surface area contributed by atoms with Gasteiger partial charge in [0.2, 0.25) is 5.71 Å². The number of rotatable bonds is 9. The van der Waals surface area contributed by atoms with Crippen LogP contribution >= 0.6 is 0 Å². The molecular weight excluding hydrogens is 1010 g/mol. The van der Waals surface area contributed by atoms with Crippen LogP contribution in [0.2, 0.25) is 17.3 Å². The van der Waals surface area contributed by atoms with Gasteiger partial charge in [0.05, 0.1) is 22.4 Å². The Kier molecular flexibility index (Phi) is 11.8. The maximum absolute atomic E-state index is 8.60. The van der Waals surface area contributed by atoms with Crippen LogP contribution in [0.25, 0.3) is 72.6 Å². The number of benzene rings is 5. The monoisotopic (exact) mass is 1070 g/mol. The Morgan fingerprint density at radius 1 is 0.746 bits per heavy atom. The molecule has 1 radical (unpaired) electrons. The molecule has 0 saturated heterocycles. The van der Waals surface area contributed by atoms with Gasteiger partial charge in [-0.3, -0.25) is 4.98 Å². The zero-order valence-corrected chi connectivity index (χ0v) is 42.3. The van der Waals surface area contributed by atoms with Gasteiger partial charge in [0.15, 0.2) is 0 Å². The van der Waals surface area contributed by atoms with Crippen LogP contribution < -0.4 is 4.40 Å². The number of imidazole rings is 1. The van der Waals surface area contributed by atoms with Crippen LogP contribution in [0.1, 0.15) is 88.2 Å². The molecule has 4 aromatic heterocycles. The van der Waals surface area contributed by atoms with Crippen LogP contribution in [-0.2, 0) is 26.5 Å². The number of fused-ring (bicyclic) bond motifs is 4. The quantitative estimate of drug-likeness (QED) is 0.107. The minimum absolute atomic E-state index is 0. The zero-order valence-electron chi connectivity index (χ0n) is 42.8. The SMILES string of the molecule is Cc1ccc2c(n1)oc1c[c-]c(-c3nc4ccccc4n3-c3c(C(C)C)cc(-c4ccccc4)cc3C(C)C)cc12.[2H]C([2H])([2H])c1c[c-]c(-c2cc(C([2H])([2H])C(C)C)[c]([Ge]([CH3])([CH3])[CH3])cn2)cc1.[Ir]. The van der Waals surface area contributed by atoms with E-state index in [9.17, 15) is 0 Å². The molecule has 5 nitrogen and oxygen atoms in total. The van der Waals surface area contributed by atoms with Crippen molar-refractivity contribution in [3.05, 3.63) is 162 Å². The molecule has 0 amide bonds. The third-order valence-corrected chi connectivity index (χ3v) is 15.4. The van der Waals surface area contributed by atoms with Crippen molar-refractivity contribution >= 4 is 50.8 Å². The first-order valence-corrected chi connectivity index (χ1v) is 28.9. The third kappa shape index (κ3) is 9.70. The molecule has 9 aromatic rings. The van der Waals surface area contributed by atoms with Crippen LogP contribution in [0, 0.1) is 31.8 Å². The molecule has 0 unspecified atom stereocenters. The molecule has 0 bridgehead atoms. The molecule has 0 atom stereocenters. The number of hydrogen-bond acceptors (Lipinski definition) is 4. The number of hydrogen-bond donors (Lipinski definition) is 0. The number of pyridine rings is 2. The largest absolute Gasteiger partial charge is 0 e. The Morgan fingerprint density at radius 2 is 1.44 bits per heavy atom. The van der Waals surface area contributed by atoms with Gasteiger partial charge >= 0.3 is 139 Å². The first-order chi connectivity index (χ1) is 31.6. The van der Waals surface area contributed by atoms with Crippen LogP contribution in [0.4, 0.5) is 0 Å². The summed E-state index contributed by atoms with van der Waals surface area (Å²) in [6.45, 7) is 12.7. The molecule has 5 aromatic carbocycles. The number of aryl methyl sites for hydroxylation is 2. The summed E-state index contributed by atoms with van der Waals surface area (Å²) in [7, 11) is 0. The van der Waals surface area contributed by atoms with Crippen LogP contribution in [0.3, 0.4) is 0 Å². The van der Waals surface area contributed by atoms with Crippen molar-refractivity contribution in [2.75, 3.05) is 0 Å². The Balaban J connectivity index is 0.000000220. The summed E-state index contributed by atoms with van der Waals surface area (Å²) in [5, 5.41) is 2.02. The van der Waals surface area contributed by atoms with Crippen molar-refractivity contribution in [1.82, 2.24) is 19.5 Å². The Morgan fingerprint density at radius 3 is 2.10 bits per heavy atom. The van der Waals surface area contributed by atoms with E-state index in [1.807, 2.05) is 45.2 Å². The summed E-state index contributed by atoms with van der Waals surface area (Å²) in [4.78, 5) is 14.4. The molecule has 4 heterocycles. The molecule has 0 aliphatic carbocycles. The smallest absolute Gasteiger partial charge is 0 e. The van der Waals surface area contributed by atoms with Gasteiger partial charge in [-0.1, -0.05) is 75.5 Å². The van der Waals surface area contributed by atoms with E-state index in [1.165, 1.54) is 34.0 Å². The van der Waals surface area contributed by atoms with Gasteiger partial charge < -0.3 is 8.98 Å². The molecule has 9 rings (SSSR count). The second kappa shape index (κ2) is 18.9. The number of para-hydroxylation sites is 2. The Labute approximate surface area is 397 Å². The Bertz CT molecular complexity index is 3210. The second-order valence-corrected chi connectivity index (χ2v) is 28.7. The van der Waals surface area contributed by atoms with Gasteiger partial charge in [-0.15, -0.1) is 23.8 Å². The molecule has 0 aliphatic rings. The van der Waals surface area contributed by atoms with Crippen molar-refractivity contribution in [1.29, 1.82) is 0 Å². The minimum atomic E-state index is -2.32. The topological polar surface area (TPSA) is 56.7 Å². The van der Waals surface area contributed by atoms with Gasteiger partial charge in [-0.25, -0.2) is 4.98 Å². The first-order valence-electron chi connectivity index (χ1n) is 24.1. The van der Waals surface area contributed by atoms with E-state index in [0.29, 0.717) is 34.4 Å². The molecule has 0 N–H and O–H groups in total. The predicted molar refractivity (Wildman–Crippen MR) is 264 cm³/mol. The van der Waals surface area contributed by atoms with Gasteiger partial charge in [-0.2, -0.15) is 0 Å². The maximum Gasteiger partial charge on any atom is 0 e. The predicted octanol–water partition coefficient (Wildman–Crippen LogP) is 14.6. The van der Waals surface area contributed by atoms with Gasteiger partial charge in [-0.05, 0) is 77.4 Å². The van der Waals surface area contributed by atoms with Crippen LogP contribution in [0.5, 0.6) is 0 Å². The Hall–Kier alpha value is -5.14. The van der Waals surface area contributed by atoms with Crippen molar-refractivity contribution in [3.8, 4) is 39.5 Å². The van der Waals surface area contributed by atoms with E-state index in [1.54, 1.807) is 12.1 Å². The fraction of sp³-hybridized carbons (Fsp3) is 0.268. The molecule has 323 valence electrons. The summed E-state index contributed by atoms with van der Waals surface area (Å²) in [6, 6.07) is 45.1. The fourth-order valence-corrected chi connectivity index (χ4v) is 11.0. The first kappa shape index (κ1) is 39.5. The molecule has 63 heavy (non-hydrogen) atoms. The van der Waals surface area contributed by atoms with E-state index in [0.717, 1.165) is 48.9 Å². The number of furan rings is 1. The zero-order chi connectivity index (χ0) is 48.2. The maximum atomic E-state index is 8.60. The second-order valence-electron chi connectivity index (χ2n) is 18.1. The van der Waals surface area contributed by atoms with E-state index >= 15 is 0 Å². The average Bonchev–Trinajstić information content (AvgIpc) is 3.86. The summed E-state index contributed by atoms with van der Waals surface area (Å²) in [5.74, 6) is 8.01. The van der Waals surface area contributed by atoms with E-state index in [4.69, 9.17) is 16.3 Å². The summed E-state index contributed by atoms with van der Waals surface area (Å²) in [5.41, 5.74) is 13.9. The fourth-order valence-electron chi connectivity index (χ4n) is 8.09. The molecular formula is C56H58GeIrN4O-2.